The van der Waals surface area contributed by atoms with E-state index in [2.05, 4.69) is 10.6 Å². The van der Waals surface area contributed by atoms with E-state index >= 15 is 0 Å². The normalized spacial score (nSPS) is 24.5. The van der Waals surface area contributed by atoms with Crippen molar-refractivity contribution in [3.05, 3.63) is 0 Å². The van der Waals surface area contributed by atoms with Crippen LogP contribution in [0.3, 0.4) is 0 Å². The van der Waals surface area contributed by atoms with Gasteiger partial charge in [-0.15, -0.1) is 0 Å². The van der Waals surface area contributed by atoms with Gasteiger partial charge in [0.1, 0.15) is 0 Å². The summed E-state index contributed by atoms with van der Waals surface area (Å²) in [5.74, 6) is -1.08. The second-order valence-corrected chi connectivity index (χ2v) is 5.66. The quantitative estimate of drug-likeness (QED) is 0.681. The number of aliphatic carboxylic acids is 1. The first-order valence-corrected chi connectivity index (χ1v) is 7.70. The SMILES string of the molecule is COC(CNC(=O)NC1CCCCC1SC)C(=O)O. The Kier molecular flexibility index (Phi) is 7.01. The van der Waals surface area contributed by atoms with E-state index in [0.29, 0.717) is 5.25 Å². The minimum Gasteiger partial charge on any atom is -0.479 e. The van der Waals surface area contributed by atoms with Crippen LogP contribution in [0.4, 0.5) is 4.79 Å². The van der Waals surface area contributed by atoms with Crippen LogP contribution in [0.2, 0.25) is 0 Å². The fourth-order valence-electron chi connectivity index (χ4n) is 2.22. The average molecular weight is 290 g/mol. The van der Waals surface area contributed by atoms with Gasteiger partial charge in [-0.3, -0.25) is 0 Å². The van der Waals surface area contributed by atoms with Crippen LogP contribution in [0, 0.1) is 0 Å². The molecule has 3 atom stereocenters. The van der Waals surface area contributed by atoms with Crippen molar-refractivity contribution >= 4 is 23.8 Å². The Morgan fingerprint density at radius 3 is 2.68 bits per heavy atom. The Morgan fingerprint density at radius 2 is 2.11 bits per heavy atom. The lowest BCUT2D eigenvalue weighted by Gasteiger charge is -2.31. The number of carboxylic acid groups (broad SMARTS) is 1. The number of amides is 2. The number of methoxy groups -OCH3 is 1. The number of carboxylic acids is 1. The Hall–Kier alpha value is -0.950. The second-order valence-electron chi connectivity index (χ2n) is 4.58. The molecular weight excluding hydrogens is 268 g/mol. The molecule has 0 spiro atoms. The lowest BCUT2D eigenvalue weighted by Crippen LogP contribution is -2.50. The largest absolute Gasteiger partial charge is 0.479 e. The standard InChI is InChI=1S/C12H22N2O4S/c1-18-9(11(15)16)7-13-12(17)14-8-5-3-4-6-10(8)19-2/h8-10H,3-7H2,1-2H3,(H,15,16)(H2,13,14,17). The Balaban J connectivity index is 2.35. The molecule has 1 rings (SSSR count). The molecule has 2 amide bonds. The van der Waals surface area contributed by atoms with E-state index in [1.807, 2.05) is 6.26 Å². The van der Waals surface area contributed by atoms with Gasteiger partial charge < -0.3 is 20.5 Å². The van der Waals surface area contributed by atoms with Crippen molar-refractivity contribution < 1.29 is 19.4 Å². The molecule has 0 radical (unpaired) electrons. The van der Waals surface area contributed by atoms with Gasteiger partial charge in [-0.2, -0.15) is 11.8 Å². The number of nitrogens with one attached hydrogen (secondary N) is 2. The van der Waals surface area contributed by atoms with Crippen LogP contribution in [0.25, 0.3) is 0 Å². The molecule has 1 fully saturated rings. The van der Waals surface area contributed by atoms with E-state index in [-0.39, 0.29) is 18.6 Å². The smallest absolute Gasteiger partial charge is 0.334 e. The summed E-state index contributed by atoms with van der Waals surface area (Å²) in [6.45, 7) is -0.0334. The van der Waals surface area contributed by atoms with Crippen LogP contribution in [0.15, 0.2) is 0 Å². The first-order chi connectivity index (χ1) is 9.08. The zero-order chi connectivity index (χ0) is 14.3. The average Bonchev–Trinajstić information content (AvgIpc) is 2.39. The molecule has 1 aliphatic carbocycles. The van der Waals surface area contributed by atoms with Crippen LogP contribution >= 0.6 is 11.8 Å². The van der Waals surface area contributed by atoms with Crippen LogP contribution in [-0.2, 0) is 9.53 Å². The summed E-state index contributed by atoms with van der Waals surface area (Å²) in [6, 6.07) is -0.163. The highest BCUT2D eigenvalue weighted by molar-refractivity contribution is 7.99. The summed E-state index contributed by atoms with van der Waals surface area (Å²) < 4.78 is 4.75. The van der Waals surface area contributed by atoms with E-state index in [1.54, 1.807) is 11.8 Å². The third-order valence-corrected chi connectivity index (χ3v) is 4.50. The van der Waals surface area contributed by atoms with Gasteiger partial charge in [0.2, 0.25) is 0 Å². The van der Waals surface area contributed by atoms with Crippen molar-refractivity contribution in [2.24, 2.45) is 0 Å². The lowest BCUT2D eigenvalue weighted by atomic mass is 9.95. The molecule has 0 aromatic carbocycles. The fraction of sp³-hybridized carbons (Fsp3) is 0.833. The highest BCUT2D eigenvalue weighted by atomic mass is 32.2. The van der Waals surface area contributed by atoms with Gasteiger partial charge in [0.25, 0.3) is 0 Å². The van der Waals surface area contributed by atoms with Crippen LogP contribution in [0.1, 0.15) is 25.7 Å². The van der Waals surface area contributed by atoms with Crippen molar-refractivity contribution in [2.45, 2.75) is 43.1 Å². The van der Waals surface area contributed by atoms with E-state index in [0.717, 1.165) is 19.3 Å². The summed E-state index contributed by atoms with van der Waals surface area (Å²) in [6.07, 6.45) is 5.46. The summed E-state index contributed by atoms with van der Waals surface area (Å²) in [5, 5.41) is 14.7. The highest BCUT2D eigenvalue weighted by Gasteiger charge is 2.26. The molecule has 0 heterocycles. The number of carbonyl (C=O) groups is 2. The van der Waals surface area contributed by atoms with Crippen molar-refractivity contribution in [1.82, 2.24) is 10.6 Å². The van der Waals surface area contributed by atoms with Crippen molar-refractivity contribution in [3.8, 4) is 0 Å². The highest BCUT2D eigenvalue weighted by Crippen LogP contribution is 2.26. The predicted molar refractivity (Wildman–Crippen MR) is 74.5 cm³/mol. The monoisotopic (exact) mass is 290 g/mol. The molecule has 7 heteroatoms. The van der Waals surface area contributed by atoms with E-state index in [9.17, 15) is 9.59 Å². The number of urea groups is 1. The first kappa shape index (κ1) is 16.1. The van der Waals surface area contributed by atoms with Crippen molar-refractivity contribution in [2.75, 3.05) is 19.9 Å². The zero-order valence-corrected chi connectivity index (χ0v) is 12.2. The lowest BCUT2D eigenvalue weighted by molar-refractivity contribution is -0.147. The van der Waals surface area contributed by atoms with Gasteiger partial charge in [0, 0.05) is 18.4 Å². The number of rotatable bonds is 6. The van der Waals surface area contributed by atoms with Crippen LogP contribution < -0.4 is 10.6 Å². The van der Waals surface area contributed by atoms with Gasteiger partial charge in [-0.1, -0.05) is 12.8 Å². The maximum atomic E-state index is 11.7. The minimum atomic E-state index is -1.08. The molecule has 0 aliphatic heterocycles. The third-order valence-electron chi connectivity index (χ3n) is 3.33. The summed E-state index contributed by atoms with van der Waals surface area (Å²) in [5.41, 5.74) is 0. The molecule has 6 nitrogen and oxygen atoms in total. The van der Waals surface area contributed by atoms with Gasteiger partial charge in [0.15, 0.2) is 6.10 Å². The summed E-state index contributed by atoms with van der Waals surface area (Å²) in [4.78, 5) is 22.5. The number of hydrogen-bond acceptors (Lipinski definition) is 4. The van der Waals surface area contributed by atoms with Gasteiger partial charge in [-0.05, 0) is 19.1 Å². The molecular formula is C12H22N2O4S. The topological polar surface area (TPSA) is 87.7 Å². The Morgan fingerprint density at radius 1 is 1.42 bits per heavy atom. The van der Waals surface area contributed by atoms with Crippen LogP contribution in [0.5, 0.6) is 0 Å². The zero-order valence-electron chi connectivity index (χ0n) is 11.3. The molecule has 110 valence electrons. The third kappa shape index (κ3) is 5.28. The van der Waals surface area contributed by atoms with Crippen molar-refractivity contribution in [1.29, 1.82) is 0 Å². The Labute approximate surface area is 117 Å². The van der Waals surface area contributed by atoms with E-state index in [4.69, 9.17) is 9.84 Å². The van der Waals surface area contributed by atoms with Gasteiger partial charge in [-0.25, -0.2) is 9.59 Å². The van der Waals surface area contributed by atoms with Crippen molar-refractivity contribution in [3.63, 3.8) is 0 Å². The second kappa shape index (κ2) is 8.27. The maximum Gasteiger partial charge on any atom is 0.334 e. The first-order valence-electron chi connectivity index (χ1n) is 6.41. The number of thioether (sulfide) groups is 1. The molecule has 19 heavy (non-hydrogen) atoms. The Bertz CT molecular complexity index is 314. The fourth-order valence-corrected chi connectivity index (χ4v) is 3.16. The molecule has 0 aromatic rings. The van der Waals surface area contributed by atoms with Gasteiger partial charge >= 0.3 is 12.0 Å². The number of hydrogen-bond donors (Lipinski definition) is 3. The van der Waals surface area contributed by atoms with Gasteiger partial charge in [0.05, 0.1) is 6.54 Å². The van der Waals surface area contributed by atoms with E-state index in [1.165, 1.54) is 13.5 Å². The molecule has 3 N–H and O–H groups in total. The summed E-state index contributed by atoms with van der Waals surface area (Å²) >= 11 is 1.77. The van der Waals surface area contributed by atoms with Crippen LogP contribution in [-0.4, -0.2) is 54.4 Å². The molecule has 0 bridgehead atoms. The molecule has 1 aliphatic rings. The molecule has 0 saturated heterocycles. The minimum absolute atomic E-state index is 0.0334. The predicted octanol–water partition coefficient (Wildman–Crippen LogP) is 1.06. The molecule has 1 saturated carbocycles. The number of carbonyl (C=O) groups excluding carboxylic acids is 1. The maximum absolute atomic E-state index is 11.7. The summed E-state index contributed by atoms with van der Waals surface area (Å²) in [7, 11) is 1.31. The molecule has 3 unspecified atom stereocenters. The molecule has 0 aromatic heterocycles. The number of ether oxygens (including phenoxy) is 1. The van der Waals surface area contributed by atoms with E-state index < -0.39 is 12.1 Å².